The summed E-state index contributed by atoms with van der Waals surface area (Å²) in [4.78, 5) is 26.8. The molecule has 3 heterocycles. The Morgan fingerprint density at radius 3 is 2.47 bits per heavy atom. The Balaban J connectivity index is 0.000000658. The van der Waals surface area contributed by atoms with Crippen LogP contribution >= 0.6 is 0 Å². The van der Waals surface area contributed by atoms with Crippen LogP contribution in [0.25, 0.3) is 0 Å². The second kappa shape index (κ2) is 12.5. The first kappa shape index (κ1) is 27.2. The average Bonchev–Trinajstić information content (AvgIpc) is 3.03. The molecule has 3 aliphatic rings. The molecule has 36 heavy (non-hydrogen) atoms. The lowest BCUT2D eigenvalue weighted by molar-refractivity contribution is -0.137. The molecule has 1 aromatic rings. The van der Waals surface area contributed by atoms with Gasteiger partial charge in [-0.3, -0.25) is 4.79 Å². The molecular formula is C28H41N7O. The SMILES string of the molecule is C/C=C/CC.C=C(C)N1C2=NC(Nc3ccc(N4CCN(C)CC4)c(C)c3)=NC=C(C2)C(=O)N1CC. The topological polar surface area (TPSA) is 66.8 Å². The number of nitrogens with zero attached hydrogens (tertiary/aromatic N) is 6. The largest absolute Gasteiger partial charge is 0.369 e. The van der Waals surface area contributed by atoms with Crippen molar-refractivity contribution in [2.75, 3.05) is 50.0 Å². The molecule has 0 unspecified atom stereocenters. The van der Waals surface area contributed by atoms with Crippen LogP contribution in [-0.4, -0.2) is 72.4 Å². The number of fused-ring (bicyclic) bond motifs is 2. The third-order valence-electron chi connectivity index (χ3n) is 6.35. The van der Waals surface area contributed by atoms with E-state index < -0.39 is 0 Å². The van der Waals surface area contributed by atoms with Crippen molar-refractivity contribution in [3.05, 3.63) is 60.0 Å². The monoisotopic (exact) mass is 491 g/mol. The number of carbonyl (C=O) groups is 1. The van der Waals surface area contributed by atoms with E-state index in [2.05, 4.69) is 77.9 Å². The van der Waals surface area contributed by atoms with Crippen molar-refractivity contribution in [1.29, 1.82) is 0 Å². The predicted molar refractivity (Wildman–Crippen MR) is 151 cm³/mol. The Morgan fingerprint density at radius 2 is 1.92 bits per heavy atom. The number of anilines is 2. The van der Waals surface area contributed by atoms with Crippen LogP contribution in [0.4, 0.5) is 11.4 Å². The molecule has 4 rings (SSSR count). The summed E-state index contributed by atoms with van der Waals surface area (Å²) in [5, 5.41) is 6.78. The number of aliphatic imine (C=N–C) groups is 2. The van der Waals surface area contributed by atoms with Crippen molar-refractivity contribution >= 4 is 29.1 Å². The highest BCUT2D eigenvalue weighted by Crippen LogP contribution is 2.27. The zero-order valence-corrected chi connectivity index (χ0v) is 22.7. The molecular weight excluding hydrogens is 450 g/mol. The van der Waals surface area contributed by atoms with Crippen molar-refractivity contribution in [3.8, 4) is 0 Å². The van der Waals surface area contributed by atoms with Crippen molar-refractivity contribution in [3.63, 3.8) is 0 Å². The molecule has 0 aromatic heterocycles. The number of amides is 1. The smallest absolute Gasteiger partial charge is 0.270 e. The highest BCUT2D eigenvalue weighted by atomic mass is 16.2. The molecule has 2 saturated heterocycles. The van der Waals surface area contributed by atoms with Gasteiger partial charge in [0, 0.05) is 68.0 Å². The molecule has 2 bridgehead atoms. The molecule has 1 N–H and O–H groups in total. The molecule has 194 valence electrons. The van der Waals surface area contributed by atoms with Crippen molar-refractivity contribution in [1.82, 2.24) is 14.9 Å². The number of piperazine rings is 1. The summed E-state index contributed by atoms with van der Waals surface area (Å²) in [6, 6.07) is 6.35. The zero-order valence-electron chi connectivity index (χ0n) is 22.7. The normalized spacial score (nSPS) is 18.2. The number of carbonyl (C=O) groups excluding carboxylic acids is 1. The van der Waals surface area contributed by atoms with Gasteiger partial charge in [-0.2, -0.15) is 4.99 Å². The molecule has 8 nitrogen and oxygen atoms in total. The molecule has 0 radical (unpaired) electrons. The maximum absolute atomic E-state index is 12.8. The maximum atomic E-state index is 12.8. The van der Waals surface area contributed by atoms with Gasteiger partial charge in [-0.1, -0.05) is 25.7 Å². The quantitative estimate of drug-likeness (QED) is 0.600. The van der Waals surface area contributed by atoms with Crippen LogP contribution in [0.1, 0.15) is 46.1 Å². The number of aryl methyl sites for hydroxylation is 1. The molecule has 0 aliphatic carbocycles. The van der Waals surface area contributed by atoms with Gasteiger partial charge in [0.15, 0.2) is 0 Å². The van der Waals surface area contributed by atoms with E-state index >= 15 is 0 Å². The van der Waals surface area contributed by atoms with Crippen LogP contribution in [-0.2, 0) is 4.79 Å². The van der Waals surface area contributed by atoms with Crippen molar-refractivity contribution in [2.24, 2.45) is 9.98 Å². The van der Waals surface area contributed by atoms with E-state index in [4.69, 9.17) is 4.99 Å². The first-order valence-corrected chi connectivity index (χ1v) is 12.8. The number of hydrogen-bond acceptors (Lipinski definition) is 7. The van der Waals surface area contributed by atoms with Gasteiger partial charge in [-0.05, 0) is 64.9 Å². The van der Waals surface area contributed by atoms with Gasteiger partial charge in [-0.15, -0.1) is 0 Å². The average molecular weight is 492 g/mol. The van der Waals surface area contributed by atoms with Gasteiger partial charge in [0.1, 0.15) is 5.84 Å². The molecule has 0 atom stereocenters. The zero-order chi connectivity index (χ0) is 26.2. The Kier molecular flexibility index (Phi) is 9.47. The van der Waals surface area contributed by atoms with Crippen LogP contribution in [0.5, 0.6) is 0 Å². The fourth-order valence-corrected chi connectivity index (χ4v) is 4.47. The number of hydrogen-bond donors (Lipinski definition) is 1. The van der Waals surface area contributed by atoms with Crippen molar-refractivity contribution in [2.45, 2.75) is 47.5 Å². The summed E-state index contributed by atoms with van der Waals surface area (Å²) in [5.74, 6) is 1.16. The lowest BCUT2D eigenvalue weighted by Gasteiger charge is -2.40. The fraction of sp³-hybridized carbons (Fsp3) is 0.464. The second-order valence-electron chi connectivity index (χ2n) is 9.27. The lowest BCUT2D eigenvalue weighted by Crippen LogP contribution is -2.53. The number of guanidine groups is 1. The van der Waals surface area contributed by atoms with E-state index in [0.717, 1.165) is 49.8 Å². The number of rotatable bonds is 5. The third kappa shape index (κ3) is 6.43. The van der Waals surface area contributed by atoms with Gasteiger partial charge >= 0.3 is 0 Å². The minimum Gasteiger partial charge on any atom is -0.369 e. The molecule has 3 aliphatic heterocycles. The Labute approximate surface area is 216 Å². The lowest BCUT2D eigenvalue weighted by atomic mass is 10.1. The summed E-state index contributed by atoms with van der Waals surface area (Å²) in [6.45, 7) is 18.9. The summed E-state index contributed by atoms with van der Waals surface area (Å²) >= 11 is 0. The van der Waals surface area contributed by atoms with Crippen molar-refractivity contribution < 1.29 is 4.79 Å². The maximum Gasteiger partial charge on any atom is 0.270 e. The van der Waals surface area contributed by atoms with E-state index in [0.29, 0.717) is 24.5 Å². The fourth-order valence-electron chi connectivity index (χ4n) is 4.47. The number of allylic oxidation sites excluding steroid dienone is 3. The van der Waals surface area contributed by atoms with Gasteiger partial charge in [0.25, 0.3) is 5.91 Å². The number of nitrogens with one attached hydrogen (secondary N) is 1. The Bertz CT molecular complexity index is 1080. The van der Waals surface area contributed by atoms with Crippen LogP contribution in [0, 0.1) is 6.92 Å². The Morgan fingerprint density at radius 1 is 1.19 bits per heavy atom. The highest BCUT2D eigenvalue weighted by molar-refractivity contribution is 6.11. The highest BCUT2D eigenvalue weighted by Gasteiger charge is 2.34. The second-order valence-corrected chi connectivity index (χ2v) is 9.27. The minimum absolute atomic E-state index is 0.0539. The first-order chi connectivity index (χ1) is 17.3. The van der Waals surface area contributed by atoms with E-state index in [1.165, 1.54) is 11.3 Å². The van der Waals surface area contributed by atoms with Gasteiger partial charge in [0.05, 0.1) is 0 Å². The van der Waals surface area contributed by atoms with E-state index in [1.807, 2.05) is 20.8 Å². The number of amidine groups is 1. The summed E-state index contributed by atoms with van der Waals surface area (Å²) < 4.78 is 0. The van der Waals surface area contributed by atoms with E-state index in [1.54, 1.807) is 16.2 Å². The molecule has 0 spiro atoms. The Hall–Kier alpha value is -3.39. The molecule has 2 fully saturated rings. The minimum atomic E-state index is -0.0539. The number of likely N-dealkylation sites (N-methyl/N-ethyl adjacent to an activating group) is 2. The molecule has 8 heteroatoms. The standard InChI is InChI=1S/C23H31N7O.C5H10/c1-6-29-22(31)18-14-21(30(29)16(2)3)26-23(24-15-18)25-19-7-8-20(17(4)13-19)28-11-9-27(5)10-12-28;1-3-5-4-2/h7-8,13,15H,2,6,9-12,14H2,1,3-5H3,(H,24,25);3,5H,4H2,1-2H3/b;5-3+. The molecule has 1 amide bonds. The first-order valence-electron chi connectivity index (χ1n) is 12.8. The van der Waals surface area contributed by atoms with E-state index in [9.17, 15) is 4.79 Å². The van der Waals surface area contributed by atoms with Crippen LogP contribution in [0.2, 0.25) is 0 Å². The van der Waals surface area contributed by atoms with Gasteiger partial charge in [-0.25, -0.2) is 15.0 Å². The number of hydrazine groups is 1. The third-order valence-corrected chi connectivity index (χ3v) is 6.35. The van der Waals surface area contributed by atoms with Gasteiger partial charge in [0.2, 0.25) is 5.96 Å². The predicted octanol–water partition coefficient (Wildman–Crippen LogP) is 4.79. The molecule has 0 saturated carbocycles. The van der Waals surface area contributed by atoms with Crippen LogP contribution < -0.4 is 10.2 Å². The molecule has 1 aromatic carbocycles. The van der Waals surface area contributed by atoms with E-state index in [-0.39, 0.29) is 5.91 Å². The summed E-state index contributed by atoms with van der Waals surface area (Å²) in [6.07, 6.45) is 7.42. The summed E-state index contributed by atoms with van der Waals surface area (Å²) in [5.41, 5.74) is 4.79. The van der Waals surface area contributed by atoms with Crippen LogP contribution in [0.3, 0.4) is 0 Å². The summed E-state index contributed by atoms with van der Waals surface area (Å²) in [7, 11) is 2.17. The van der Waals surface area contributed by atoms with Crippen LogP contribution in [0.15, 0.2) is 64.4 Å². The number of benzene rings is 1. The van der Waals surface area contributed by atoms with Gasteiger partial charge < -0.3 is 15.1 Å².